The number of ether oxygens (including phenoxy) is 3. The Labute approximate surface area is 218 Å². The molecular weight excluding hydrogens is 491 g/mol. The number of benzene rings is 1. The first-order chi connectivity index (χ1) is 18.5. The molecule has 1 atom stereocenters. The van der Waals surface area contributed by atoms with E-state index in [-0.39, 0.29) is 29.7 Å². The molecule has 1 saturated heterocycles. The molecule has 5 rings (SSSR count). The Morgan fingerprint density at radius 1 is 1.16 bits per heavy atom. The third-order valence-corrected chi connectivity index (χ3v) is 6.22. The van der Waals surface area contributed by atoms with Gasteiger partial charge in [0.25, 0.3) is 17.8 Å². The van der Waals surface area contributed by atoms with Crippen molar-refractivity contribution < 1.29 is 28.2 Å². The number of hydrogen-bond acceptors (Lipinski definition) is 7. The van der Waals surface area contributed by atoms with E-state index in [1.165, 1.54) is 41.6 Å². The minimum absolute atomic E-state index is 0.00492. The summed E-state index contributed by atoms with van der Waals surface area (Å²) in [5.41, 5.74) is 1.33. The van der Waals surface area contributed by atoms with Crippen LogP contribution in [-0.2, 0) is 9.53 Å². The van der Waals surface area contributed by atoms with E-state index in [1.807, 2.05) is 12.1 Å². The molecule has 0 unspecified atom stereocenters. The summed E-state index contributed by atoms with van der Waals surface area (Å²) < 4.78 is 30.6. The summed E-state index contributed by atoms with van der Waals surface area (Å²) in [7, 11) is 1.62. The minimum Gasteiger partial charge on any atom is -0.489 e. The second-order valence-corrected chi connectivity index (χ2v) is 8.84. The van der Waals surface area contributed by atoms with Crippen molar-refractivity contribution in [2.24, 2.45) is 5.92 Å². The van der Waals surface area contributed by atoms with Crippen LogP contribution in [0.3, 0.4) is 0 Å². The Morgan fingerprint density at radius 2 is 2.00 bits per heavy atom. The molecule has 10 heteroatoms. The summed E-state index contributed by atoms with van der Waals surface area (Å²) in [6.45, 7) is 1.38. The predicted molar refractivity (Wildman–Crippen MR) is 136 cm³/mol. The lowest BCUT2D eigenvalue weighted by Crippen LogP contribution is -2.49. The molecule has 1 fully saturated rings. The third-order valence-electron chi connectivity index (χ3n) is 6.22. The highest BCUT2D eigenvalue weighted by atomic mass is 19.1. The number of likely N-dealkylation sites (N-methyl/N-ethyl adjacent to an activating group) is 1. The van der Waals surface area contributed by atoms with Crippen molar-refractivity contribution >= 4 is 17.5 Å². The van der Waals surface area contributed by atoms with Gasteiger partial charge in [0.2, 0.25) is 0 Å². The molecule has 2 aromatic heterocycles. The summed E-state index contributed by atoms with van der Waals surface area (Å²) in [5, 5.41) is 2.68. The van der Waals surface area contributed by atoms with Crippen LogP contribution in [0, 0.1) is 23.7 Å². The van der Waals surface area contributed by atoms with Crippen LogP contribution in [0.2, 0.25) is 0 Å². The minimum atomic E-state index is -0.959. The maximum absolute atomic E-state index is 13.8. The average molecular weight is 517 g/mol. The lowest BCUT2D eigenvalue weighted by Gasteiger charge is -2.20. The van der Waals surface area contributed by atoms with Crippen molar-refractivity contribution in [1.29, 1.82) is 0 Å². The molecule has 2 aliphatic rings. The van der Waals surface area contributed by atoms with E-state index in [0.717, 1.165) is 31.6 Å². The Morgan fingerprint density at radius 3 is 2.82 bits per heavy atom. The van der Waals surface area contributed by atoms with E-state index in [2.05, 4.69) is 27.1 Å². The molecule has 0 bridgehead atoms. The number of aromatic nitrogens is 2. The van der Waals surface area contributed by atoms with Gasteiger partial charge in [0.15, 0.2) is 5.75 Å². The first kappa shape index (κ1) is 25.2. The Kier molecular flexibility index (Phi) is 7.47. The smallest absolute Gasteiger partial charge is 0.270 e. The third kappa shape index (κ3) is 5.74. The van der Waals surface area contributed by atoms with Crippen molar-refractivity contribution in [2.75, 3.05) is 31.8 Å². The van der Waals surface area contributed by atoms with Crippen molar-refractivity contribution in [1.82, 2.24) is 15.3 Å². The van der Waals surface area contributed by atoms with Crippen LogP contribution < -0.4 is 19.7 Å². The average Bonchev–Trinajstić information content (AvgIpc) is 3.06. The van der Waals surface area contributed by atoms with Gasteiger partial charge in [0.1, 0.15) is 29.8 Å². The van der Waals surface area contributed by atoms with Gasteiger partial charge in [-0.25, -0.2) is 4.98 Å². The highest BCUT2D eigenvalue weighted by molar-refractivity contribution is 6.03. The zero-order valence-corrected chi connectivity index (χ0v) is 20.6. The standard InChI is InChI=1S/C28H25FN4O5/c1-33-23-15-19(5-4-18-9-13-36-14-10-18)6-7-24(23)37-17-22(28(33)35)32-27(34)21-16-20(8-12-30-21)38-25-3-2-11-31-26(25)29/h2-3,6-8,11-12,15-16,18,22H,9-10,13-14,17H2,1H3,(H,32,34)/t22-/m0/s1. The van der Waals surface area contributed by atoms with Crippen LogP contribution in [-0.4, -0.2) is 54.7 Å². The Hall–Kier alpha value is -4.49. The zero-order valence-electron chi connectivity index (χ0n) is 20.6. The molecule has 2 aliphatic heterocycles. The summed E-state index contributed by atoms with van der Waals surface area (Å²) in [4.78, 5) is 35.2. The molecule has 1 N–H and O–H groups in total. The van der Waals surface area contributed by atoms with Gasteiger partial charge in [0, 0.05) is 50.2 Å². The van der Waals surface area contributed by atoms with Gasteiger partial charge >= 0.3 is 0 Å². The summed E-state index contributed by atoms with van der Waals surface area (Å²) in [6, 6.07) is 10.3. The van der Waals surface area contributed by atoms with E-state index in [1.54, 1.807) is 13.1 Å². The monoisotopic (exact) mass is 516 g/mol. The van der Waals surface area contributed by atoms with E-state index in [4.69, 9.17) is 14.2 Å². The molecule has 0 spiro atoms. The lowest BCUT2D eigenvalue weighted by atomic mass is 10.0. The highest BCUT2D eigenvalue weighted by Crippen LogP contribution is 2.32. The maximum Gasteiger partial charge on any atom is 0.270 e. The van der Waals surface area contributed by atoms with E-state index >= 15 is 0 Å². The number of amides is 2. The second kappa shape index (κ2) is 11.3. The molecular formula is C28H25FN4O5. The van der Waals surface area contributed by atoms with Gasteiger partial charge in [-0.05, 0) is 49.2 Å². The number of nitrogens with zero attached hydrogens (tertiary/aromatic N) is 3. The largest absolute Gasteiger partial charge is 0.489 e. The molecule has 194 valence electrons. The number of anilines is 1. The Balaban J connectivity index is 1.27. The van der Waals surface area contributed by atoms with Gasteiger partial charge in [0.05, 0.1) is 5.69 Å². The fraction of sp³-hybridized carbons (Fsp3) is 0.286. The summed E-state index contributed by atoms with van der Waals surface area (Å²) in [6.07, 6.45) is 4.47. The van der Waals surface area contributed by atoms with Crippen molar-refractivity contribution in [3.8, 4) is 29.1 Å². The molecule has 9 nitrogen and oxygen atoms in total. The van der Waals surface area contributed by atoms with Gasteiger partial charge in [-0.15, -0.1) is 0 Å². The molecule has 4 heterocycles. The van der Waals surface area contributed by atoms with Crippen LogP contribution in [0.5, 0.6) is 17.2 Å². The topological polar surface area (TPSA) is 103 Å². The molecule has 0 aliphatic carbocycles. The van der Waals surface area contributed by atoms with Crippen LogP contribution in [0.15, 0.2) is 54.9 Å². The van der Waals surface area contributed by atoms with Gasteiger partial charge < -0.3 is 24.4 Å². The van der Waals surface area contributed by atoms with Crippen LogP contribution in [0.25, 0.3) is 0 Å². The van der Waals surface area contributed by atoms with E-state index in [9.17, 15) is 14.0 Å². The molecule has 1 aromatic carbocycles. The molecule has 0 saturated carbocycles. The summed E-state index contributed by atoms with van der Waals surface area (Å²) >= 11 is 0. The van der Waals surface area contributed by atoms with Crippen molar-refractivity contribution in [3.63, 3.8) is 0 Å². The number of halogens is 1. The molecule has 0 radical (unpaired) electrons. The molecule has 38 heavy (non-hydrogen) atoms. The first-order valence-corrected chi connectivity index (χ1v) is 12.2. The number of rotatable bonds is 4. The predicted octanol–water partition coefficient (Wildman–Crippen LogP) is 3.34. The normalized spacial score (nSPS) is 17.4. The van der Waals surface area contributed by atoms with Gasteiger partial charge in [-0.1, -0.05) is 11.8 Å². The molecule has 2 amide bonds. The fourth-order valence-corrected chi connectivity index (χ4v) is 4.11. The number of pyridine rings is 2. The second-order valence-electron chi connectivity index (χ2n) is 8.84. The van der Waals surface area contributed by atoms with E-state index in [0.29, 0.717) is 17.4 Å². The SMILES string of the molecule is CN1C(=O)[C@@H](NC(=O)c2cc(Oc3cccnc3F)ccn2)COc2ccc(C#CC3CCOCC3)cc21. The maximum atomic E-state index is 13.8. The number of fused-ring (bicyclic) bond motifs is 1. The first-order valence-electron chi connectivity index (χ1n) is 12.2. The van der Waals surface area contributed by atoms with Crippen molar-refractivity contribution in [2.45, 2.75) is 18.9 Å². The fourth-order valence-electron chi connectivity index (χ4n) is 4.11. The zero-order chi connectivity index (χ0) is 26.5. The van der Waals surface area contributed by atoms with E-state index < -0.39 is 17.9 Å². The molecule has 3 aromatic rings. The van der Waals surface area contributed by atoms with Gasteiger partial charge in [-0.3, -0.25) is 14.6 Å². The van der Waals surface area contributed by atoms with Crippen LogP contribution in [0.1, 0.15) is 28.9 Å². The quantitative estimate of drug-likeness (QED) is 0.419. The van der Waals surface area contributed by atoms with Crippen LogP contribution >= 0.6 is 0 Å². The lowest BCUT2D eigenvalue weighted by molar-refractivity contribution is -0.120. The number of carbonyl (C=O) groups excluding carboxylic acids is 2. The highest BCUT2D eigenvalue weighted by Gasteiger charge is 2.31. The number of hydrogen-bond donors (Lipinski definition) is 1. The van der Waals surface area contributed by atoms with Crippen LogP contribution in [0.4, 0.5) is 10.1 Å². The number of nitrogens with one attached hydrogen (secondary N) is 1. The summed E-state index contributed by atoms with van der Waals surface area (Å²) in [5.74, 6) is 5.66. The van der Waals surface area contributed by atoms with Gasteiger partial charge in [-0.2, -0.15) is 4.39 Å². The Bertz CT molecular complexity index is 1410. The number of carbonyl (C=O) groups is 2. The van der Waals surface area contributed by atoms with Crippen molar-refractivity contribution in [3.05, 3.63) is 72.1 Å².